The van der Waals surface area contributed by atoms with Gasteiger partial charge in [0.25, 0.3) is 23.5 Å². The summed E-state index contributed by atoms with van der Waals surface area (Å²) in [6, 6.07) is 2.76. The van der Waals surface area contributed by atoms with Crippen LogP contribution in [0, 0.1) is 0 Å². The van der Waals surface area contributed by atoms with Crippen LogP contribution in [0.15, 0.2) is 18.3 Å². The van der Waals surface area contributed by atoms with Crippen LogP contribution in [-0.2, 0) is 9.59 Å². The molecule has 3 rings (SSSR count). The predicted octanol–water partition coefficient (Wildman–Crippen LogP) is 0.806. The fraction of sp³-hybridized carbons (Fsp3) is 0.357. The first-order chi connectivity index (χ1) is 10.4. The molecule has 22 heavy (non-hydrogen) atoms. The number of pyridine rings is 1. The summed E-state index contributed by atoms with van der Waals surface area (Å²) in [5, 5.41) is 1.80. The Morgan fingerprint density at radius 2 is 1.91 bits per heavy atom. The molecule has 1 atom stereocenters. The Kier molecular flexibility index (Phi) is 4.03. The van der Waals surface area contributed by atoms with E-state index in [1.807, 2.05) is 13.8 Å². The normalized spacial score (nSPS) is 23.7. The fourth-order valence-electron chi connectivity index (χ4n) is 2.28. The van der Waals surface area contributed by atoms with Crippen molar-refractivity contribution in [1.29, 1.82) is 0 Å². The first kappa shape index (κ1) is 15.7. The number of fused-ring (bicyclic) bond motifs is 1. The first-order valence-electron chi connectivity index (χ1n) is 6.82. The van der Waals surface area contributed by atoms with Crippen LogP contribution in [0.4, 0.5) is 4.39 Å². The molecule has 4 amide bonds. The summed E-state index contributed by atoms with van der Waals surface area (Å²) in [4.78, 5) is 50.9. The number of piperidine rings is 1. The van der Waals surface area contributed by atoms with E-state index in [1.165, 1.54) is 18.3 Å². The van der Waals surface area contributed by atoms with Crippen molar-refractivity contribution in [3.05, 3.63) is 29.6 Å². The van der Waals surface area contributed by atoms with Gasteiger partial charge in [-0.1, -0.05) is 13.8 Å². The van der Waals surface area contributed by atoms with Crippen LogP contribution in [-0.4, -0.2) is 39.3 Å². The number of alkyl halides is 1. The second kappa shape index (κ2) is 5.63. The van der Waals surface area contributed by atoms with Gasteiger partial charge in [-0.2, -0.15) is 0 Å². The summed E-state index contributed by atoms with van der Waals surface area (Å²) in [5.74, 6) is -6.70. The summed E-state index contributed by atoms with van der Waals surface area (Å²) >= 11 is 0. The maximum Gasteiger partial charge on any atom is 0.285 e. The van der Waals surface area contributed by atoms with Crippen LogP contribution in [0.2, 0.25) is 0 Å². The summed E-state index contributed by atoms with van der Waals surface area (Å²) in [6.07, 6.45) is 0.453. The minimum absolute atomic E-state index is 0.0563. The molecule has 8 heteroatoms. The lowest BCUT2D eigenvalue weighted by Crippen LogP contribution is -2.61. The Balaban J connectivity index is 0.000000847. The number of nitrogens with zero attached hydrogens (tertiary/aromatic N) is 2. The molecule has 1 aromatic rings. The van der Waals surface area contributed by atoms with Gasteiger partial charge >= 0.3 is 0 Å². The number of imide groups is 2. The fourth-order valence-corrected chi connectivity index (χ4v) is 2.28. The third kappa shape index (κ3) is 2.16. The summed E-state index contributed by atoms with van der Waals surface area (Å²) in [7, 11) is 0. The predicted molar refractivity (Wildman–Crippen MR) is 72.3 cm³/mol. The van der Waals surface area contributed by atoms with Gasteiger partial charge in [0.05, 0.1) is 5.56 Å². The Morgan fingerprint density at radius 3 is 2.50 bits per heavy atom. The maximum absolute atomic E-state index is 14.8. The number of nitrogens with one attached hydrogen (secondary N) is 1. The van der Waals surface area contributed by atoms with E-state index in [4.69, 9.17) is 0 Å². The van der Waals surface area contributed by atoms with Gasteiger partial charge in [0.1, 0.15) is 5.69 Å². The Morgan fingerprint density at radius 1 is 1.23 bits per heavy atom. The molecule has 1 aromatic heterocycles. The Bertz CT molecular complexity index is 641. The van der Waals surface area contributed by atoms with Crippen molar-refractivity contribution in [3.63, 3.8) is 0 Å². The minimum atomic E-state index is -2.86. The molecule has 0 spiro atoms. The lowest BCUT2D eigenvalue weighted by Gasteiger charge is -2.33. The smallest absolute Gasteiger partial charge is 0.285 e. The number of halogens is 1. The number of rotatable bonds is 1. The number of carbonyl (C=O) groups is 4. The second-order valence-corrected chi connectivity index (χ2v) is 4.48. The second-order valence-electron chi connectivity index (χ2n) is 4.48. The van der Waals surface area contributed by atoms with E-state index in [1.54, 1.807) is 5.32 Å². The third-order valence-electron chi connectivity index (χ3n) is 3.29. The van der Waals surface area contributed by atoms with Crippen LogP contribution in [0.1, 0.15) is 47.5 Å². The van der Waals surface area contributed by atoms with Crippen LogP contribution >= 0.6 is 0 Å². The highest BCUT2D eigenvalue weighted by Crippen LogP contribution is 2.34. The van der Waals surface area contributed by atoms with Gasteiger partial charge in [-0.25, -0.2) is 9.29 Å². The van der Waals surface area contributed by atoms with Gasteiger partial charge in [0.2, 0.25) is 5.91 Å². The lowest BCUT2D eigenvalue weighted by atomic mass is 10.0. The van der Waals surface area contributed by atoms with Crippen molar-refractivity contribution >= 4 is 23.6 Å². The topological polar surface area (TPSA) is 96.4 Å². The molecule has 1 saturated heterocycles. The van der Waals surface area contributed by atoms with E-state index in [9.17, 15) is 23.6 Å². The highest BCUT2D eigenvalue weighted by Gasteiger charge is 2.56. The standard InChI is InChI=1S/C12H8FN3O4.C2H6/c13-12(4-3-7(17)15-11(12)20)16-9(18)6-2-1-5-14-8(6)10(16)19;1-2/h1-2,5H,3-4H2,(H,15,17,20);1-2H3. The molecular weight excluding hydrogens is 293 g/mol. The molecule has 0 radical (unpaired) electrons. The molecule has 1 N–H and O–H groups in total. The van der Waals surface area contributed by atoms with Gasteiger partial charge in [-0.3, -0.25) is 29.5 Å². The first-order valence-corrected chi connectivity index (χ1v) is 6.82. The Labute approximate surface area is 125 Å². The van der Waals surface area contributed by atoms with Crippen LogP contribution in [0.3, 0.4) is 0 Å². The molecule has 1 unspecified atom stereocenters. The molecule has 3 heterocycles. The number of carbonyl (C=O) groups excluding carboxylic acids is 4. The molecule has 0 aromatic carbocycles. The third-order valence-corrected chi connectivity index (χ3v) is 3.29. The Hall–Kier alpha value is -2.64. The van der Waals surface area contributed by atoms with Gasteiger partial charge in [-0.05, 0) is 12.1 Å². The van der Waals surface area contributed by atoms with Gasteiger partial charge in [-0.15, -0.1) is 0 Å². The molecule has 2 aliphatic rings. The zero-order valence-corrected chi connectivity index (χ0v) is 12.1. The number of aromatic nitrogens is 1. The molecule has 7 nitrogen and oxygen atoms in total. The van der Waals surface area contributed by atoms with Crippen LogP contribution < -0.4 is 5.32 Å². The highest BCUT2D eigenvalue weighted by molar-refractivity contribution is 6.23. The summed E-state index contributed by atoms with van der Waals surface area (Å²) in [5.41, 5.74) is -0.251. The molecule has 1 fully saturated rings. The van der Waals surface area contributed by atoms with Gasteiger partial charge < -0.3 is 0 Å². The number of hydrogen-bond donors (Lipinski definition) is 1. The SMILES string of the molecule is CC.O=C1CCC(F)(N2C(=O)c3cccnc3C2=O)C(=O)N1. The van der Waals surface area contributed by atoms with Crippen LogP contribution in [0.25, 0.3) is 0 Å². The van der Waals surface area contributed by atoms with E-state index >= 15 is 0 Å². The van der Waals surface area contributed by atoms with Crippen molar-refractivity contribution in [2.75, 3.05) is 0 Å². The van der Waals surface area contributed by atoms with Crippen molar-refractivity contribution < 1.29 is 23.6 Å². The average Bonchev–Trinajstić information content (AvgIpc) is 2.78. The quantitative estimate of drug-likeness (QED) is 0.611. The zero-order valence-electron chi connectivity index (χ0n) is 12.1. The van der Waals surface area contributed by atoms with Crippen molar-refractivity contribution in [3.8, 4) is 0 Å². The van der Waals surface area contributed by atoms with Gasteiger partial charge in [0.15, 0.2) is 0 Å². The monoisotopic (exact) mass is 307 g/mol. The molecular formula is C14H14FN3O4. The van der Waals surface area contributed by atoms with Gasteiger partial charge in [0, 0.05) is 19.0 Å². The van der Waals surface area contributed by atoms with Crippen molar-refractivity contribution in [2.45, 2.75) is 32.5 Å². The summed E-state index contributed by atoms with van der Waals surface area (Å²) < 4.78 is 14.8. The van der Waals surface area contributed by atoms with Crippen molar-refractivity contribution in [1.82, 2.24) is 15.2 Å². The minimum Gasteiger partial charge on any atom is -0.292 e. The molecule has 116 valence electrons. The summed E-state index contributed by atoms with van der Waals surface area (Å²) in [6.45, 7) is 4.00. The van der Waals surface area contributed by atoms with Crippen LogP contribution in [0.5, 0.6) is 0 Å². The molecule has 0 saturated carbocycles. The van der Waals surface area contributed by atoms with E-state index in [2.05, 4.69) is 4.98 Å². The average molecular weight is 307 g/mol. The zero-order chi connectivity index (χ0) is 16.5. The molecule has 0 aliphatic carbocycles. The number of amides is 4. The molecule has 2 aliphatic heterocycles. The van der Waals surface area contributed by atoms with Crippen molar-refractivity contribution in [2.24, 2.45) is 0 Å². The van der Waals surface area contributed by atoms with E-state index in [0.717, 1.165) is 0 Å². The van der Waals surface area contributed by atoms with E-state index in [0.29, 0.717) is 0 Å². The highest BCUT2D eigenvalue weighted by atomic mass is 19.1. The molecule has 0 bridgehead atoms. The van der Waals surface area contributed by atoms with E-state index < -0.39 is 35.8 Å². The lowest BCUT2D eigenvalue weighted by molar-refractivity contribution is -0.151. The maximum atomic E-state index is 14.8. The largest absolute Gasteiger partial charge is 0.292 e. The van der Waals surface area contributed by atoms with E-state index in [-0.39, 0.29) is 22.6 Å². The number of hydrogen-bond acceptors (Lipinski definition) is 5.